The third-order valence-corrected chi connectivity index (χ3v) is 5.73. The van der Waals surface area contributed by atoms with Crippen molar-refractivity contribution < 1.29 is 14.4 Å². The number of amides is 3. The minimum Gasteiger partial charge on any atom is -0.337 e. The summed E-state index contributed by atoms with van der Waals surface area (Å²) < 4.78 is 0. The van der Waals surface area contributed by atoms with Crippen molar-refractivity contribution in [1.29, 1.82) is 0 Å². The van der Waals surface area contributed by atoms with Crippen molar-refractivity contribution in [3.05, 3.63) is 29.8 Å². The van der Waals surface area contributed by atoms with Gasteiger partial charge in [0.2, 0.25) is 11.8 Å². The molecule has 7 nitrogen and oxygen atoms in total. The van der Waals surface area contributed by atoms with Crippen LogP contribution in [0.5, 0.6) is 0 Å². The molecular weight excluding hydrogens is 380 g/mol. The van der Waals surface area contributed by atoms with Gasteiger partial charge in [-0.15, -0.1) is 12.4 Å². The molecule has 3 heterocycles. The van der Waals surface area contributed by atoms with Crippen LogP contribution in [-0.2, 0) is 9.59 Å². The minimum atomic E-state index is -0.0178. The lowest BCUT2D eigenvalue weighted by Gasteiger charge is -2.41. The number of rotatable bonds is 3. The molecule has 0 radical (unpaired) electrons. The predicted molar refractivity (Wildman–Crippen MR) is 109 cm³/mol. The number of carbonyl (C=O) groups excluding carboxylic acids is 3. The smallest absolute Gasteiger partial charge is 0.253 e. The molecule has 0 aliphatic carbocycles. The van der Waals surface area contributed by atoms with Gasteiger partial charge >= 0.3 is 0 Å². The Bertz CT molecular complexity index is 757. The molecule has 28 heavy (non-hydrogen) atoms. The molecule has 3 aliphatic heterocycles. The minimum absolute atomic E-state index is 0. The maximum atomic E-state index is 13.1. The number of benzene rings is 1. The van der Waals surface area contributed by atoms with Gasteiger partial charge in [-0.25, -0.2) is 0 Å². The highest BCUT2D eigenvalue weighted by Crippen LogP contribution is 2.24. The molecule has 1 aromatic carbocycles. The van der Waals surface area contributed by atoms with Crippen molar-refractivity contribution in [2.45, 2.75) is 31.7 Å². The zero-order valence-electron chi connectivity index (χ0n) is 15.9. The van der Waals surface area contributed by atoms with E-state index < -0.39 is 0 Å². The molecule has 0 saturated carbocycles. The molecule has 152 valence electrons. The Kier molecular flexibility index (Phi) is 6.57. The fourth-order valence-electron chi connectivity index (χ4n) is 4.31. The topological polar surface area (TPSA) is 73.0 Å². The number of hydrogen-bond donors (Lipinski definition) is 1. The fourth-order valence-corrected chi connectivity index (χ4v) is 4.31. The van der Waals surface area contributed by atoms with Gasteiger partial charge in [0, 0.05) is 56.4 Å². The highest BCUT2D eigenvalue weighted by molar-refractivity contribution is 5.99. The number of likely N-dealkylation sites (tertiary alicyclic amines) is 1. The maximum Gasteiger partial charge on any atom is 0.253 e. The summed E-state index contributed by atoms with van der Waals surface area (Å²) in [4.78, 5) is 42.8. The summed E-state index contributed by atoms with van der Waals surface area (Å²) in [6.45, 7) is 3.91. The Hall–Kier alpha value is -2.12. The summed E-state index contributed by atoms with van der Waals surface area (Å²) >= 11 is 0. The molecular formula is C20H27ClN4O3. The van der Waals surface area contributed by atoms with Gasteiger partial charge in [0.25, 0.3) is 5.91 Å². The summed E-state index contributed by atoms with van der Waals surface area (Å²) in [5.41, 5.74) is 1.41. The van der Waals surface area contributed by atoms with Gasteiger partial charge in [-0.3, -0.25) is 14.4 Å². The Balaban J connectivity index is 0.00000225. The molecule has 0 aromatic heterocycles. The van der Waals surface area contributed by atoms with Gasteiger partial charge in [-0.05, 0) is 37.5 Å². The van der Waals surface area contributed by atoms with E-state index in [-0.39, 0.29) is 36.2 Å². The van der Waals surface area contributed by atoms with Crippen LogP contribution in [0, 0.1) is 0 Å². The van der Waals surface area contributed by atoms with E-state index in [1.54, 1.807) is 4.90 Å². The van der Waals surface area contributed by atoms with Crippen LogP contribution in [0.15, 0.2) is 24.3 Å². The third kappa shape index (κ3) is 4.15. The van der Waals surface area contributed by atoms with Gasteiger partial charge in [0.15, 0.2) is 0 Å². The first kappa shape index (κ1) is 20.6. The van der Waals surface area contributed by atoms with E-state index in [9.17, 15) is 14.4 Å². The average molecular weight is 407 g/mol. The highest BCUT2D eigenvalue weighted by Gasteiger charge is 2.32. The third-order valence-electron chi connectivity index (χ3n) is 5.73. The molecule has 3 saturated heterocycles. The fraction of sp³-hybridized carbons (Fsp3) is 0.550. The Labute approximate surface area is 171 Å². The van der Waals surface area contributed by atoms with Crippen LogP contribution < -0.4 is 10.2 Å². The largest absolute Gasteiger partial charge is 0.337 e. The molecule has 1 aromatic rings. The van der Waals surface area contributed by atoms with Crippen LogP contribution in [0.1, 0.15) is 36.0 Å². The van der Waals surface area contributed by atoms with Crippen molar-refractivity contribution in [3.8, 4) is 0 Å². The molecule has 3 fully saturated rings. The second-order valence-corrected chi connectivity index (χ2v) is 7.51. The van der Waals surface area contributed by atoms with E-state index in [1.807, 2.05) is 34.1 Å². The summed E-state index contributed by atoms with van der Waals surface area (Å²) in [6.07, 6.45) is 3.28. The average Bonchev–Trinajstić information content (AvgIpc) is 3.14. The van der Waals surface area contributed by atoms with Crippen LogP contribution in [0.2, 0.25) is 0 Å². The number of piperazine rings is 1. The number of nitrogens with zero attached hydrogens (tertiary/aromatic N) is 3. The number of piperidine rings is 1. The van der Waals surface area contributed by atoms with E-state index >= 15 is 0 Å². The Morgan fingerprint density at radius 3 is 2.68 bits per heavy atom. The molecule has 3 aliphatic rings. The van der Waals surface area contributed by atoms with Gasteiger partial charge in [-0.2, -0.15) is 0 Å². The predicted octanol–water partition coefficient (Wildman–Crippen LogP) is 1.27. The van der Waals surface area contributed by atoms with Crippen LogP contribution in [0.3, 0.4) is 0 Å². The molecule has 1 unspecified atom stereocenters. The normalized spacial score (nSPS) is 23.0. The highest BCUT2D eigenvalue weighted by atomic mass is 35.5. The molecule has 3 amide bonds. The summed E-state index contributed by atoms with van der Waals surface area (Å²) in [5.74, 6) is 0.223. The van der Waals surface area contributed by atoms with Crippen molar-refractivity contribution >= 4 is 35.8 Å². The van der Waals surface area contributed by atoms with E-state index in [4.69, 9.17) is 0 Å². The number of carbonyl (C=O) groups is 3. The monoisotopic (exact) mass is 406 g/mol. The van der Waals surface area contributed by atoms with Crippen LogP contribution in [0.4, 0.5) is 5.69 Å². The summed E-state index contributed by atoms with van der Waals surface area (Å²) in [5, 5.41) is 3.10. The molecule has 0 bridgehead atoms. The van der Waals surface area contributed by atoms with Crippen molar-refractivity contribution in [3.63, 3.8) is 0 Å². The standard InChI is InChI=1S/C20H26N4O3.ClH/c25-18-7-3-10-23(18)16-5-1-4-15(12-16)20(27)22-9-2-6-17(14-22)24-11-8-21-13-19(24)26;/h1,4-5,12,17,21H,2-3,6-11,13-14H2;1H. The van der Waals surface area contributed by atoms with Gasteiger partial charge < -0.3 is 20.0 Å². The summed E-state index contributed by atoms with van der Waals surface area (Å²) in [6, 6.07) is 7.46. The number of anilines is 1. The zero-order valence-corrected chi connectivity index (χ0v) is 16.7. The Morgan fingerprint density at radius 1 is 1.07 bits per heavy atom. The zero-order chi connectivity index (χ0) is 18.8. The molecule has 4 rings (SSSR count). The molecule has 1 atom stereocenters. The Morgan fingerprint density at radius 2 is 1.93 bits per heavy atom. The number of halogens is 1. The first-order valence-corrected chi connectivity index (χ1v) is 9.83. The second-order valence-electron chi connectivity index (χ2n) is 7.51. The van der Waals surface area contributed by atoms with Crippen molar-refractivity contribution in [2.24, 2.45) is 0 Å². The maximum absolute atomic E-state index is 13.1. The molecule has 1 N–H and O–H groups in total. The van der Waals surface area contributed by atoms with E-state index in [2.05, 4.69) is 5.32 Å². The van der Waals surface area contributed by atoms with E-state index in [0.717, 1.165) is 31.5 Å². The van der Waals surface area contributed by atoms with Crippen molar-refractivity contribution in [1.82, 2.24) is 15.1 Å². The van der Waals surface area contributed by atoms with Gasteiger partial charge in [-0.1, -0.05) is 6.07 Å². The molecule has 0 spiro atoms. The lowest BCUT2D eigenvalue weighted by atomic mass is 10.0. The quantitative estimate of drug-likeness (QED) is 0.820. The van der Waals surface area contributed by atoms with Gasteiger partial charge in [0.05, 0.1) is 6.54 Å². The second kappa shape index (κ2) is 8.92. The van der Waals surface area contributed by atoms with Crippen LogP contribution in [-0.4, -0.2) is 72.8 Å². The first-order valence-electron chi connectivity index (χ1n) is 9.83. The SMILES string of the molecule is Cl.O=C(c1cccc(N2CCCC2=O)c1)N1CCCC(N2CCNCC2=O)C1. The number of nitrogens with one attached hydrogen (secondary N) is 1. The van der Waals surface area contributed by atoms with E-state index in [1.165, 1.54) is 0 Å². The number of hydrogen-bond acceptors (Lipinski definition) is 4. The first-order chi connectivity index (χ1) is 13.1. The molecule has 8 heteroatoms. The summed E-state index contributed by atoms with van der Waals surface area (Å²) in [7, 11) is 0. The van der Waals surface area contributed by atoms with Crippen LogP contribution >= 0.6 is 12.4 Å². The van der Waals surface area contributed by atoms with E-state index in [0.29, 0.717) is 44.7 Å². The lowest BCUT2D eigenvalue weighted by molar-refractivity contribution is -0.135. The van der Waals surface area contributed by atoms with Crippen LogP contribution in [0.25, 0.3) is 0 Å². The van der Waals surface area contributed by atoms with Gasteiger partial charge in [0.1, 0.15) is 0 Å². The lowest BCUT2D eigenvalue weighted by Crippen LogP contribution is -2.57. The van der Waals surface area contributed by atoms with Crippen molar-refractivity contribution in [2.75, 3.05) is 44.2 Å².